The van der Waals surface area contributed by atoms with Crippen molar-refractivity contribution in [1.82, 2.24) is 9.80 Å². The van der Waals surface area contributed by atoms with Crippen LogP contribution in [0.5, 0.6) is 5.75 Å². The minimum atomic E-state index is -0.623. The lowest BCUT2D eigenvalue weighted by Gasteiger charge is -2.36. The van der Waals surface area contributed by atoms with Crippen molar-refractivity contribution in [2.75, 3.05) is 19.4 Å². The number of unbranched alkanes of at least 4 members (excludes halogenated alkanes) is 2. The number of ether oxygens (including phenoxy) is 1. The number of rotatable bonds is 11. The molecule has 0 aromatic heterocycles. The summed E-state index contributed by atoms with van der Waals surface area (Å²) in [7, 11) is 4.01. The van der Waals surface area contributed by atoms with Crippen molar-refractivity contribution in [3.05, 3.63) is 94.5 Å². The van der Waals surface area contributed by atoms with Crippen LogP contribution in [-0.4, -0.2) is 47.9 Å². The van der Waals surface area contributed by atoms with E-state index in [2.05, 4.69) is 29.3 Å². The fourth-order valence-corrected chi connectivity index (χ4v) is 5.22. The Kier molecular flexibility index (Phi) is 9.99. The molecule has 0 bridgehead atoms. The minimum Gasteiger partial charge on any atom is -0.491 e. The van der Waals surface area contributed by atoms with Crippen molar-refractivity contribution >= 4 is 17.5 Å². The van der Waals surface area contributed by atoms with E-state index in [9.17, 15) is 9.59 Å². The van der Waals surface area contributed by atoms with Gasteiger partial charge in [0.1, 0.15) is 11.8 Å². The van der Waals surface area contributed by atoms with E-state index in [4.69, 9.17) is 4.74 Å². The zero-order valence-electron chi connectivity index (χ0n) is 24.6. The molecule has 6 heteroatoms. The van der Waals surface area contributed by atoms with E-state index in [0.717, 1.165) is 28.8 Å². The topological polar surface area (TPSA) is 61.9 Å². The molecule has 3 aromatic rings. The van der Waals surface area contributed by atoms with Gasteiger partial charge >= 0.3 is 0 Å². The van der Waals surface area contributed by atoms with Gasteiger partial charge in [-0.15, -0.1) is 0 Å². The van der Waals surface area contributed by atoms with Crippen LogP contribution < -0.4 is 10.1 Å². The number of aryl methyl sites for hydroxylation is 1. The van der Waals surface area contributed by atoms with E-state index in [1.807, 2.05) is 82.5 Å². The number of amides is 2. The fourth-order valence-electron chi connectivity index (χ4n) is 5.22. The average molecular weight is 542 g/mol. The van der Waals surface area contributed by atoms with Gasteiger partial charge in [0.25, 0.3) is 5.91 Å². The highest BCUT2D eigenvalue weighted by Gasteiger charge is 2.35. The molecule has 1 N–H and O–H groups in total. The van der Waals surface area contributed by atoms with Gasteiger partial charge in [0.15, 0.2) is 0 Å². The first-order chi connectivity index (χ1) is 19.2. The van der Waals surface area contributed by atoms with E-state index in [1.165, 1.54) is 24.8 Å². The number of nitrogens with one attached hydrogen (secondary N) is 1. The van der Waals surface area contributed by atoms with Crippen molar-refractivity contribution in [2.24, 2.45) is 0 Å². The van der Waals surface area contributed by atoms with Gasteiger partial charge in [0.2, 0.25) is 5.91 Å². The molecule has 0 saturated heterocycles. The van der Waals surface area contributed by atoms with Crippen molar-refractivity contribution in [1.29, 1.82) is 0 Å². The highest BCUT2D eigenvalue weighted by Crippen LogP contribution is 2.29. The van der Waals surface area contributed by atoms with Gasteiger partial charge in [-0.1, -0.05) is 62.2 Å². The number of hydrogen-bond acceptors (Lipinski definition) is 4. The number of hydrogen-bond donors (Lipinski definition) is 1. The maximum atomic E-state index is 14.0. The summed E-state index contributed by atoms with van der Waals surface area (Å²) in [6.45, 7) is 7.25. The zero-order valence-corrected chi connectivity index (χ0v) is 24.6. The molecular weight excluding hydrogens is 498 g/mol. The number of benzene rings is 3. The van der Waals surface area contributed by atoms with Crippen molar-refractivity contribution in [2.45, 2.75) is 78.1 Å². The summed E-state index contributed by atoms with van der Waals surface area (Å²) in [5.41, 5.74) is 5.73. The van der Waals surface area contributed by atoms with E-state index in [-0.39, 0.29) is 17.9 Å². The van der Waals surface area contributed by atoms with Gasteiger partial charge in [0.05, 0.1) is 6.10 Å². The molecule has 4 rings (SSSR count). The van der Waals surface area contributed by atoms with Crippen LogP contribution in [0, 0.1) is 0 Å². The maximum Gasteiger partial charge on any atom is 0.254 e. The number of anilines is 1. The molecule has 0 saturated carbocycles. The Morgan fingerprint density at radius 2 is 1.73 bits per heavy atom. The van der Waals surface area contributed by atoms with Crippen LogP contribution in [0.25, 0.3) is 0 Å². The quantitative estimate of drug-likeness (QED) is 0.283. The van der Waals surface area contributed by atoms with Crippen LogP contribution in [0.4, 0.5) is 5.69 Å². The van der Waals surface area contributed by atoms with E-state index < -0.39 is 6.04 Å². The molecule has 0 radical (unpaired) electrons. The van der Waals surface area contributed by atoms with Gasteiger partial charge < -0.3 is 19.9 Å². The summed E-state index contributed by atoms with van der Waals surface area (Å²) in [6.07, 6.45) is 5.07. The van der Waals surface area contributed by atoms with Gasteiger partial charge in [-0.3, -0.25) is 9.59 Å². The highest BCUT2D eigenvalue weighted by molar-refractivity contribution is 6.02. The van der Waals surface area contributed by atoms with Gasteiger partial charge in [-0.2, -0.15) is 0 Å². The number of carbonyl (C=O) groups excluding carboxylic acids is 2. The first kappa shape index (κ1) is 29.3. The van der Waals surface area contributed by atoms with Crippen LogP contribution >= 0.6 is 0 Å². The lowest BCUT2D eigenvalue weighted by molar-refractivity contribution is -0.121. The van der Waals surface area contributed by atoms with Crippen molar-refractivity contribution in [3.63, 3.8) is 0 Å². The number of nitrogens with zero attached hydrogens (tertiary/aromatic N) is 2. The molecule has 0 unspecified atom stereocenters. The Morgan fingerprint density at radius 1 is 1.00 bits per heavy atom. The lowest BCUT2D eigenvalue weighted by Crippen LogP contribution is -2.50. The lowest BCUT2D eigenvalue weighted by atomic mass is 9.92. The van der Waals surface area contributed by atoms with Crippen LogP contribution in [0.1, 0.15) is 72.6 Å². The molecule has 40 heavy (non-hydrogen) atoms. The smallest absolute Gasteiger partial charge is 0.254 e. The molecule has 212 valence electrons. The third-order valence-corrected chi connectivity index (χ3v) is 7.27. The maximum absolute atomic E-state index is 14.0. The third-order valence-electron chi connectivity index (χ3n) is 7.27. The predicted molar refractivity (Wildman–Crippen MR) is 162 cm³/mol. The first-order valence-electron chi connectivity index (χ1n) is 14.5. The van der Waals surface area contributed by atoms with E-state index in [1.54, 1.807) is 4.90 Å². The van der Waals surface area contributed by atoms with Crippen LogP contribution in [0.3, 0.4) is 0 Å². The monoisotopic (exact) mass is 541 g/mol. The molecule has 1 aliphatic rings. The van der Waals surface area contributed by atoms with Crippen LogP contribution in [-0.2, 0) is 30.7 Å². The molecule has 1 aliphatic heterocycles. The fraction of sp³-hybridized carbons (Fsp3) is 0.412. The molecule has 1 atom stereocenters. The molecule has 0 spiro atoms. The summed E-state index contributed by atoms with van der Waals surface area (Å²) in [5, 5.41) is 3.08. The molecule has 1 heterocycles. The molecular formula is C34H43N3O3. The van der Waals surface area contributed by atoms with Gasteiger partial charge in [-0.25, -0.2) is 0 Å². The number of carbonyl (C=O) groups is 2. The Hall–Kier alpha value is -3.64. The largest absolute Gasteiger partial charge is 0.491 e. The summed E-state index contributed by atoms with van der Waals surface area (Å²) in [6, 6.07) is 21.1. The number of fused-ring (bicyclic) bond motifs is 1. The second kappa shape index (κ2) is 13.6. The summed E-state index contributed by atoms with van der Waals surface area (Å²) in [5.74, 6) is 0.349. The van der Waals surface area contributed by atoms with Gasteiger partial charge in [-0.05, 0) is 81.7 Å². The van der Waals surface area contributed by atoms with E-state index in [0.29, 0.717) is 30.8 Å². The van der Waals surface area contributed by atoms with Crippen molar-refractivity contribution in [3.8, 4) is 5.75 Å². The molecule has 0 aliphatic carbocycles. The normalized spacial score (nSPS) is 14.8. The van der Waals surface area contributed by atoms with Gasteiger partial charge in [0, 0.05) is 36.3 Å². The zero-order chi connectivity index (χ0) is 28.6. The third kappa shape index (κ3) is 7.51. The molecule has 2 amide bonds. The minimum absolute atomic E-state index is 0.0234. The SMILES string of the molecule is CCCCCc1ccc(NC(=O)[C@@H]2Cc3ccccc3CN2C(=O)c2ccc(CN(C)C)c(OC(C)C)c2)cc1. The Balaban J connectivity index is 1.58. The first-order valence-corrected chi connectivity index (χ1v) is 14.5. The summed E-state index contributed by atoms with van der Waals surface area (Å²) in [4.78, 5) is 31.4. The highest BCUT2D eigenvalue weighted by atomic mass is 16.5. The van der Waals surface area contributed by atoms with E-state index >= 15 is 0 Å². The Labute approximate surface area is 239 Å². The molecule has 6 nitrogen and oxygen atoms in total. The second-order valence-electron chi connectivity index (χ2n) is 11.3. The second-order valence-corrected chi connectivity index (χ2v) is 11.3. The molecule has 3 aromatic carbocycles. The summed E-state index contributed by atoms with van der Waals surface area (Å²) >= 11 is 0. The molecule has 0 fully saturated rings. The Bertz CT molecular complexity index is 1300. The average Bonchev–Trinajstić information content (AvgIpc) is 2.93. The summed E-state index contributed by atoms with van der Waals surface area (Å²) < 4.78 is 6.10. The predicted octanol–water partition coefficient (Wildman–Crippen LogP) is 6.47. The van der Waals surface area contributed by atoms with Crippen LogP contribution in [0.15, 0.2) is 66.7 Å². The van der Waals surface area contributed by atoms with Crippen LogP contribution in [0.2, 0.25) is 0 Å². The van der Waals surface area contributed by atoms with Crippen molar-refractivity contribution < 1.29 is 14.3 Å². The Morgan fingerprint density at radius 3 is 2.40 bits per heavy atom. The standard InChI is InChI=1S/C34H43N3O3/c1-6-7-8-11-25-14-18-30(19-15-25)35-33(38)31-20-26-12-9-10-13-28(26)23-37(31)34(39)27-16-17-29(22-36(4)5)32(21-27)40-24(2)3/h9-10,12-19,21,24,31H,6-8,11,20,22-23H2,1-5H3,(H,35,38)/t31-/m0/s1.